The third-order valence-corrected chi connectivity index (χ3v) is 4.35. The summed E-state index contributed by atoms with van der Waals surface area (Å²) in [5, 5.41) is 9.26. The van der Waals surface area contributed by atoms with Gasteiger partial charge in [0.2, 0.25) is 0 Å². The van der Waals surface area contributed by atoms with Gasteiger partial charge in [-0.3, -0.25) is 4.79 Å². The fourth-order valence-corrected chi connectivity index (χ4v) is 3.15. The highest BCUT2D eigenvalue weighted by atomic mass is 79.9. The van der Waals surface area contributed by atoms with E-state index in [1.807, 2.05) is 24.3 Å². The number of carbonyl (C=O) groups is 1. The van der Waals surface area contributed by atoms with Crippen LogP contribution < -0.4 is 0 Å². The minimum atomic E-state index is -0.624. The van der Waals surface area contributed by atoms with Crippen LogP contribution in [0.3, 0.4) is 0 Å². The van der Waals surface area contributed by atoms with Crippen molar-refractivity contribution >= 4 is 21.7 Å². The predicted octanol–water partition coefficient (Wildman–Crippen LogP) is 4.21. The number of hydrogen-bond acceptors (Lipinski definition) is 2. The van der Waals surface area contributed by atoms with Crippen LogP contribution in [0.2, 0.25) is 0 Å². The van der Waals surface area contributed by atoms with Gasteiger partial charge in [0.15, 0.2) is 5.78 Å². The summed E-state index contributed by atoms with van der Waals surface area (Å²) < 4.78 is 0.844. The summed E-state index contributed by atoms with van der Waals surface area (Å²) in [4.78, 5) is 12.2. The van der Waals surface area contributed by atoms with Gasteiger partial charge in [-0.15, -0.1) is 0 Å². The third kappa shape index (κ3) is 3.00. The lowest BCUT2D eigenvalue weighted by Crippen LogP contribution is -2.14. The van der Waals surface area contributed by atoms with E-state index < -0.39 is 5.92 Å². The molecule has 18 heavy (non-hydrogen) atoms. The zero-order valence-electron chi connectivity index (χ0n) is 10.2. The molecule has 1 atom stereocenters. The molecule has 1 saturated carbocycles. The van der Waals surface area contributed by atoms with Gasteiger partial charge in [0.05, 0.1) is 6.07 Å². The number of nitrogens with zero attached hydrogens (tertiary/aromatic N) is 1. The number of rotatable bonds is 4. The van der Waals surface area contributed by atoms with Gasteiger partial charge in [0.25, 0.3) is 0 Å². The molecule has 1 aliphatic carbocycles. The van der Waals surface area contributed by atoms with E-state index >= 15 is 0 Å². The normalized spacial score (nSPS) is 17.3. The zero-order valence-corrected chi connectivity index (χ0v) is 11.8. The van der Waals surface area contributed by atoms with Crippen LogP contribution >= 0.6 is 15.9 Å². The van der Waals surface area contributed by atoms with Gasteiger partial charge in [-0.05, 0) is 17.5 Å². The van der Waals surface area contributed by atoms with Crippen molar-refractivity contribution in [2.75, 3.05) is 0 Å². The molecule has 0 bridgehead atoms. The van der Waals surface area contributed by atoms with E-state index in [1.54, 1.807) is 0 Å². The van der Waals surface area contributed by atoms with Gasteiger partial charge in [-0.25, -0.2) is 0 Å². The highest BCUT2D eigenvalue weighted by molar-refractivity contribution is 9.10. The van der Waals surface area contributed by atoms with Gasteiger partial charge in [0.1, 0.15) is 5.92 Å². The summed E-state index contributed by atoms with van der Waals surface area (Å²) in [6, 6.07) is 9.64. The standard InChI is InChI=1S/C15H16BrNO/c16-14-8-4-3-7-12(14)13(10-17)15(18)9-11-5-1-2-6-11/h3-4,7-8,11,13H,1-2,5-6,9H2. The maximum atomic E-state index is 12.2. The largest absolute Gasteiger partial charge is 0.298 e. The molecule has 2 rings (SSSR count). The molecule has 0 heterocycles. The first-order chi connectivity index (χ1) is 8.72. The number of hydrogen-bond donors (Lipinski definition) is 0. The third-order valence-electron chi connectivity index (χ3n) is 3.63. The van der Waals surface area contributed by atoms with E-state index in [0.29, 0.717) is 12.3 Å². The van der Waals surface area contributed by atoms with Gasteiger partial charge < -0.3 is 0 Å². The number of nitriles is 1. The second-order valence-electron chi connectivity index (χ2n) is 4.90. The lowest BCUT2D eigenvalue weighted by molar-refractivity contribution is -0.120. The Kier molecular flexibility index (Phi) is 4.54. The monoisotopic (exact) mass is 305 g/mol. The fraction of sp³-hybridized carbons (Fsp3) is 0.467. The summed E-state index contributed by atoms with van der Waals surface area (Å²) in [6.45, 7) is 0. The quantitative estimate of drug-likeness (QED) is 0.836. The molecule has 0 radical (unpaired) electrons. The van der Waals surface area contributed by atoms with Crippen molar-refractivity contribution in [3.63, 3.8) is 0 Å². The molecule has 0 N–H and O–H groups in total. The number of benzene rings is 1. The maximum Gasteiger partial charge on any atom is 0.154 e. The summed E-state index contributed by atoms with van der Waals surface area (Å²) >= 11 is 3.42. The molecule has 1 aromatic rings. The van der Waals surface area contributed by atoms with E-state index in [4.69, 9.17) is 0 Å². The average molecular weight is 306 g/mol. The molecule has 1 fully saturated rings. The second-order valence-corrected chi connectivity index (χ2v) is 5.76. The Morgan fingerprint density at radius 2 is 2.06 bits per heavy atom. The van der Waals surface area contributed by atoms with E-state index in [-0.39, 0.29) is 5.78 Å². The SMILES string of the molecule is N#CC(C(=O)CC1CCCC1)c1ccccc1Br. The van der Waals surface area contributed by atoms with E-state index in [9.17, 15) is 10.1 Å². The molecule has 94 valence electrons. The molecule has 1 aliphatic rings. The van der Waals surface area contributed by atoms with Crippen molar-refractivity contribution in [2.45, 2.75) is 38.0 Å². The van der Waals surface area contributed by atoms with Gasteiger partial charge in [0, 0.05) is 10.9 Å². The van der Waals surface area contributed by atoms with Gasteiger partial charge >= 0.3 is 0 Å². The van der Waals surface area contributed by atoms with Crippen LogP contribution in [0.15, 0.2) is 28.7 Å². The first kappa shape index (κ1) is 13.3. The van der Waals surface area contributed by atoms with Crippen LogP contribution in [-0.4, -0.2) is 5.78 Å². The molecule has 2 nitrogen and oxygen atoms in total. The Hall–Kier alpha value is -1.14. The van der Waals surface area contributed by atoms with Crippen LogP contribution in [0.5, 0.6) is 0 Å². The fourth-order valence-electron chi connectivity index (χ4n) is 2.64. The smallest absolute Gasteiger partial charge is 0.154 e. The number of halogens is 1. The Morgan fingerprint density at radius 1 is 1.39 bits per heavy atom. The number of ketones is 1. The van der Waals surface area contributed by atoms with E-state index in [2.05, 4.69) is 22.0 Å². The highest BCUT2D eigenvalue weighted by Crippen LogP contribution is 2.32. The molecule has 0 aliphatic heterocycles. The minimum absolute atomic E-state index is 0.0660. The number of carbonyl (C=O) groups excluding carboxylic acids is 1. The first-order valence-electron chi connectivity index (χ1n) is 6.39. The Labute approximate surface area is 116 Å². The molecule has 0 spiro atoms. The van der Waals surface area contributed by atoms with Crippen molar-refractivity contribution in [1.82, 2.24) is 0 Å². The Balaban J connectivity index is 2.11. The topological polar surface area (TPSA) is 40.9 Å². The summed E-state index contributed by atoms with van der Waals surface area (Å²) in [7, 11) is 0. The van der Waals surface area contributed by atoms with Crippen molar-refractivity contribution in [1.29, 1.82) is 5.26 Å². The lowest BCUT2D eigenvalue weighted by atomic mass is 9.89. The van der Waals surface area contributed by atoms with E-state index in [1.165, 1.54) is 12.8 Å². The number of Topliss-reactive ketones (excluding diaryl/α,β-unsaturated/α-hetero) is 1. The molecule has 3 heteroatoms. The highest BCUT2D eigenvalue weighted by Gasteiger charge is 2.26. The average Bonchev–Trinajstić information content (AvgIpc) is 2.85. The Morgan fingerprint density at radius 3 is 2.67 bits per heavy atom. The lowest BCUT2D eigenvalue weighted by Gasteiger charge is -2.13. The molecule has 0 amide bonds. The van der Waals surface area contributed by atoms with Gasteiger partial charge in [-0.1, -0.05) is 59.8 Å². The summed E-state index contributed by atoms with van der Waals surface area (Å²) in [6.07, 6.45) is 5.29. The van der Waals surface area contributed by atoms with E-state index in [0.717, 1.165) is 22.9 Å². The van der Waals surface area contributed by atoms with Crippen molar-refractivity contribution in [2.24, 2.45) is 5.92 Å². The zero-order chi connectivity index (χ0) is 13.0. The Bertz CT molecular complexity index is 472. The molecular weight excluding hydrogens is 290 g/mol. The maximum absolute atomic E-state index is 12.2. The van der Waals surface area contributed by atoms with Crippen molar-refractivity contribution in [3.05, 3.63) is 34.3 Å². The molecule has 1 unspecified atom stereocenters. The molecule has 0 aromatic heterocycles. The van der Waals surface area contributed by atoms with Crippen LogP contribution in [0.1, 0.15) is 43.6 Å². The summed E-state index contributed by atoms with van der Waals surface area (Å²) in [5.74, 6) is -0.0617. The predicted molar refractivity (Wildman–Crippen MR) is 74.1 cm³/mol. The van der Waals surface area contributed by atoms with Crippen LogP contribution in [0.4, 0.5) is 0 Å². The van der Waals surface area contributed by atoms with Crippen LogP contribution in [-0.2, 0) is 4.79 Å². The van der Waals surface area contributed by atoms with Crippen molar-refractivity contribution < 1.29 is 4.79 Å². The molecule has 1 aromatic carbocycles. The molecular formula is C15H16BrNO. The second kappa shape index (κ2) is 6.15. The summed E-state index contributed by atoms with van der Waals surface area (Å²) in [5.41, 5.74) is 0.794. The van der Waals surface area contributed by atoms with Crippen LogP contribution in [0.25, 0.3) is 0 Å². The van der Waals surface area contributed by atoms with Crippen LogP contribution in [0, 0.1) is 17.2 Å². The first-order valence-corrected chi connectivity index (χ1v) is 7.18. The van der Waals surface area contributed by atoms with Crippen molar-refractivity contribution in [3.8, 4) is 6.07 Å². The minimum Gasteiger partial charge on any atom is -0.298 e. The van der Waals surface area contributed by atoms with Gasteiger partial charge in [-0.2, -0.15) is 5.26 Å². The molecule has 0 saturated heterocycles.